The molecule has 3 aromatic heterocycles. The summed E-state index contributed by atoms with van der Waals surface area (Å²) in [6.45, 7) is 0.681. The van der Waals surface area contributed by atoms with E-state index in [1.54, 1.807) is 55.0 Å². The van der Waals surface area contributed by atoms with Gasteiger partial charge in [-0.2, -0.15) is 0 Å². The number of para-hydroxylation sites is 1. The van der Waals surface area contributed by atoms with Crippen molar-refractivity contribution in [2.45, 2.75) is 19.0 Å². The van der Waals surface area contributed by atoms with Crippen molar-refractivity contribution in [2.75, 3.05) is 0 Å². The topological polar surface area (TPSA) is 88.8 Å². The van der Waals surface area contributed by atoms with Crippen LogP contribution in [0.3, 0.4) is 0 Å². The lowest BCUT2D eigenvalue weighted by molar-refractivity contribution is -0.709. The summed E-state index contributed by atoms with van der Waals surface area (Å²) in [6, 6.07) is 14.7. The normalized spacial score (nSPS) is 12.2. The molecule has 152 valence electrons. The van der Waals surface area contributed by atoms with Crippen molar-refractivity contribution in [3.8, 4) is 5.75 Å². The summed E-state index contributed by atoms with van der Waals surface area (Å²) in [5, 5.41) is 15.3. The number of benzene rings is 1. The van der Waals surface area contributed by atoms with Crippen molar-refractivity contribution in [3.05, 3.63) is 92.7 Å². The first-order valence-corrected chi connectivity index (χ1v) is 10.5. The van der Waals surface area contributed by atoms with Gasteiger partial charge in [0.1, 0.15) is 23.9 Å². The van der Waals surface area contributed by atoms with Gasteiger partial charge in [-0.1, -0.05) is 18.2 Å². The average molecular weight is 421 g/mol. The van der Waals surface area contributed by atoms with E-state index in [2.05, 4.69) is 10.3 Å². The van der Waals surface area contributed by atoms with Crippen molar-refractivity contribution >= 4 is 28.0 Å². The minimum Gasteiger partial charge on any atom is -0.506 e. The Morgan fingerprint density at radius 2 is 1.93 bits per heavy atom. The summed E-state index contributed by atoms with van der Waals surface area (Å²) in [7, 11) is 1.62. The molecule has 3 heterocycles. The quantitative estimate of drug-likeness (QED) is 0.450. The van der Waals surface area contributed by atoms with Crippen LogP contribution in [0.25, 0.3) is 10.9 Å². The first-order chi connectivity index (χ1) is 14.6. The number of nitrogens with two attached hydrogens (primary N) is 1. The van der Waals surface area contributed by atoms with E-state index in [0.29, 0.717) is 17.4 Å². The van der Waals surface area contributed by atoms with Crippen LogP contribution >= 0.6 is 11.3 Å². The first kappa shape index (κ1) is 20.0. The highest BCUT2D eigenvalue weighted by atomic mass is 32.1. The van der Waals surface area contributed by atoms with Crippen molar-refractivity contribution in [3.63, 3.8) is 0 Å². The van der Waals surface area contributed by atoms with Crippen LogP contribution in [0, 0.1) is 0 Å². The lowest BCUT2D eigenvalue weighted by Crippen LogP contribution is -2.83. The molecule has 4 rings (SSSR count). The fraction of sp³-hybridized carbons (Fsp3) is 0.174. The molecule has 1 aromatic carbocycles. The Kier molecular flexibility index (Phi) is 5.74. The molecule has 0 amide bonds. The van der Waals surface area contributed by atoms with Crippen LogP contribution in [0.1, 0.15) is 33.3 Å². The number of hydrogen-bond acceptors (Lipinski definition) is 5. The molecule has 0 aliphatic carbocycles. The number of Topliss-reactive ketones (excluding diaryl/α,β-unsaturated/α-hetero) is 1. The molecular formula is C23H22N3O3S+. The predicted octanol–water partition coefficient (Wildman–Crippen LogP) is 2.78. The van der Waals surface area contributed by atoms with E-state index in [1.807, 2.05) is 29.6 Å². The Hall–Kier alpha value is -3.29. The number of aromatic hydroxyl groups is 1. The van der Waals surface area contributed by atoms with Gasteiger partial charge < -0.3 is 15.0 Å². The van der Waals surface area contributed by atoms with E-state index in [9.17, 15) is 14.7 Å². The molecule has 1 atom stereocenters. The van der Waals surface area contributed by atoms with Gasteiger partial charge in [0, 0.05) is 30.4 Å². The van der Waals surface area contributed by atoms with Gasteiger partial charge in [0.25, 0.3) is 5.56 Å². The molecule has 7 heteroatoms. The van der Waals surface area contributed by atoms with Crippen LogP contribution in [-0.4, -0.2) is 20.4 Å². The molecule has 3 N–H and O–H groups in total. The zero-order chi connectivity index (χ0) is 21.1. The van der Waals surface area contributed by atoms with E-state index < -0.39 is 5.56 Å². The van der Waals surface area contributed by atoms with Crippen LogP contribution < -0.4 is 10.9 Å². The highest BCUT2D eigenvalue weighted by Crippen LogP contribution is 2.28. The smallest absolute Gasteiger partial charge is 0.265 e. The lowest BCUT2D eigenvalue weighted by Gasteiger charge is -2.15. The van der Waals surface area contributed by atoms with Gasteiger partial charge in [-0.15, -0.1) is 11.3 Å². The summed E-state index contributed by atoms with van der Waals surface area (Å²) >= 11 is 1.58. The highest BCUT2D eigenvalue weighted by molar-refractivity contribution is 7.10. The summed E-state index contributed by atoms with van der Waals surface area (Å²) in [4.78, 5) is 31.1. The molecule has 0 aliphatic heterocycles. The number of pyridine rings is 2. The Labute approximate surface area is 177 Å². The summed E-state index contributed by atoms with van der Waals surface area (Å²) in [5.41, 5.74) is 1.07. The number of quaternary nitrogens is 1. The number of nitrogens with zero attached hydrogens (tertiary/aromatic N) is 2. The monoisotopic (exact) mass is 420 g/mol. The third-order valence-corrected chi connectivity index (χ3v) is 6.26. The maximum Gasteiger partial charge on any atom is 0.265 e. The molecule has 0 aliphatic rings. The van der Waals surface area contributed by atoms with Crippen molar-refractivity contribution in [1.82, 2.24) is 9.55 Å². The van der Waals surface area contributed by atoms with Crippen molar-refractivity contribution in [1.29, 1.82) is 0 Å². The highest BCUT2D eigenvalue weighted by Gasteiger charge is 2.26. The van der Waals surface area contributed by atoms with Gasteiger partial charge in [-0.25, -0.2) is 0 Å². The number of fused-ring (bicyclic) bond motifs is 1. The van der Waals surface area contributed by atoms with Crippen LogP contribution in [0.2, 0.25) is 0 Å². The molecule has 0 radical (unpaired) electrons. The lowest BCUT2D eigenvalue weighted by atomic mass is 10.0. The summed E-state index contributed by atoms with van der Waals surface area (Å²) < 4.78 is 1.42. The minimum atomic E-state index is -0.477. The van der Waals surface area contributed by atoms with Crippen LogP contribution in [0.4, 0.5) is 0 Å². The van der Waals surface area contributed by atoms with E-state index in [1.165, 1.54) is 4.57 Å². The van der Waals surface area contributed by atoms with Crippen molar-refractivity contribution < 1.29 is 15.2 Å². The largest absolute Gasteiger partial charge is 0.506 e. The first-order valence-electron chi connectivity index (χ1n) is 9.65. The number of aryl methyl sites for hydroxylation is 1. The maximum absolute atomic E-state index is 13.2. The fourth-order valence-electron chi connectivity index (χ4n) is 3.63. The number of thiophene rings is 1. The zero-order valence-electron chi connectivity index (χ0n) is 16.5. The van der Waals surface area contributed by atoms with Crippen LogP contribution in [-0.2, 0) is 13.6 Å². The van der Waals surface area contributed by atoms with Gasteiger partial charge in [0.05, 0.1) is 16.8 Å². The molecule has 0 unspecified atom stereocenters. The molecule has 0 saturated carbocycles. The minimum absolute atomic E-state index is 0.118. The maximum atomic E-state index is 13.2. The second kappa shape index (κ2) is 8.61. The van der Waals surface area contributed by atoms with Gasteiger partial charge in [0.2, 0.25) is 0 Å². The molecule has 0 spiro atoms. The summed E-state index contributed by atoms with van der Waals surface area (Å²) in [5.74, 6) is -0.596. The Morgan fingerprint density at radius 1 is 1.17 bits per heavy atom. The molecule has 6 nitrogen and oxygen atoms in total. The van der Waals surface area contributed by atoms with Gasteiger partial charge in [-0.3, -0.25) is 14.6 Å². The third-order valence-electron chi connectivity index (χ3n) is 5.26. The SMILES string of the molecule is Cn1c(=O)c(C(=O)C[C@@H]([NH2+]Cc2ccncc2)c2cccs2)c(O)c2ccccc21. The van der Waals surface area contributed by atoms with E-state index in [-0.39, 0.29) is 29.6 Å². The molecule has 0 fully saturated rings. The number of rotatable bonds is 7. The van der Waals surface area contributed by atoms with E-state index in [4.69, 9.17) is 0 Å². The average Bonchev–Trinajstić information content (AvgIpc) is 3.31. The van der Waals surface area contributed by atoms with Gasteiger partial charge in [-0.05, 0) is 35.7 Å². The Morgan fingerprint density at radius 3 is 2.67 bits per heavy atom. The standard InChI is InChI=1S/C23H21N3O3S/c1-26-18-6-3-2-5-16(18)22(28)21(23(26)29)19(27)13-17(20-7-4-12-30-20)25-14-15-8-10-24-11-9-15/h2-12,17,25,28H,13-14H2,1H3/p+1/t17-/m1/s1. The number of carbonyl (C=O) groups excluding carboxylic acids is 1. The Balaban J connectivity index is 1.65. The molecule has 0 bridgehead atoms. The fourth-order valence-corrected chi connectivity index (χ4v) is 4.46. The second-order valence-corrected chi connectivity index (χ2v) is 8.13. The van der Waals surface area contributed by atoms with Crippen LogP contribution in [0.5, 0.6) is 5.75 Å². The molecular weight excluding hydrogens is 398 g/mol. The summed E-state index contributed by atoms with van der Waals surface area (Å²) in [6.07, 6.45) is 3.60. The third kappa shape index (κ3) is 3.90. The number of aromatic nitrogens is 2. The Bertz CT molecular complexity index is 1230. The van der Waals surface area contributed by atoms with Crippen LogP contribution in [0.15, 0.2) is 71.1 Å². The molecule has 0 saturated heterocycles. The predicted molar refractivity (Wildman–Crippen MR) is 117 cm³/mol. The van der Waals surface area contributed by atoms with E-state index in [0.717, 1.165) is 10.4 Å². The molecule has 30 heavy (non-hydrogen) atoms. The number of hydrogen-bond donors (Lipinski definition) is 2. The zero-order valence-corrected chi connectivity index (χ0v) is 17.3. The van der Waals surface area contributed by atoms with Gasteiger partial charge in [0.15, 0.2) is 5.78 Å². The second-order valence-electron chi connectivity index (χ2n) is 7.15. The number of ketones is 1. The van der Waals surface area contributed by atoms with Crippen molar-refractivity contribution in [2.24, 2.45) is 7.05 Å². The van der Waals surface area contributed by atoms with Gasteiger partial charge >= 0.3 is 0 Å². The molecule has 4 aromatic rings. The number of carbonyl (C=O) groups is 1. The van der Waals surface area contributed by atoms with E-state index >= 15 is 0 Å².